The Morgan fingerprint density at radius 3 is 3.00 bits per heavy atom. The fraction of sp³-hybridized carbons (Fsp3) is 0.769. The minimum atomic E-state index is 0.725. The van der Waals surface area contributed by atoms with Crippen molar-refractivity contribution >= 4 is 0 Å². The minimum Gasteiger partial charge on any atom is -0.383 e. The molecule has 0 fully saturated rings. The maximum Gasteiger partial charge on any atom is 0.0587 e. The molecule has 1 heterocycles. The van der Waals surface area contributed by atoms with Crippen LogP contribution in [0.15, 0.2) is 12.4 Å². The van der Waals surface area contributed by atoms with Crippen molar-refractivity contribution in [2.24, 2.45) is 13.0 Å². The number of nitrogens with zero attached hydrogens (tertiary/aromatic N) is 2. The molecule has 0 saturated heterocycles. The molecule has 0 aliphatic heterocycles. The SMILES string of the molecule is COCCNCC(C)CCCc1cnn(C)c1. The van der Waals surface area contributed by atoms with Crippen LogP contribution < -0.4 is 5.32 Å². The van der Waals surface area contributed by atoms with Gasteiger partial charge in [0.2, 0.25) is 0 Å². The van der Waals surface area contributed by atoms with Crippen LogP contribution in [0.1, 0.15) is 25.3 Å². The smallest absolute Gasteiger partial charge is 0.0587 e. The lowest BCUT2D eigenvalue weighted by atomic mass is 10.0. The molecule has 1 rings (SSSR count). The number of methoxy groups -OCH3 is 1. The average Bonchev–Trinajstić information content (AvgIpc) is 2.71. The molecule has 1 aromatic heterocycles. The van der Waals surface area contributed by atoms with E-state index < -0.39 is 0 Å². The maximum absolute atomic E-state index is 4.99. The van der Waals surface area contributed by atoms with Crippen LogP contribution >= 0.6 is 0 Å². The molecule has 0 saturated carbocycles. The van der Waals surface area contributed by atoms with Gasteiger partial charge in [-0.3, -0.25) is 4.68 Å². The Morgan fingerprint density at radius 2 is 2.35 bits per heavy atom. The Morgan fingerprint density at radius 1 is 1.53 bits per heavy atom. The van der Waals surface area contributed by atoms with Crippen LogP contribution in [0.2, 0.25) is 0 Å². The van der Waals surface area contributed by atoms with Crippen molar-refractivity contribution in [1.29, 1.82) is 0 Å². The summed E-state index contributed by atoms with van der Waals surface area (Å²) in [5, 5.41) is 7.57. The number of hydrogen-bond donors (Lipinski definition) is 1. The number of aromatic nitrogens is 2. The van der Waals surface area contributed by atoms with E-state index >= 15 is 0 Å². The number of nitrogens with one attached hydrogen (secondary N) is 1. The van der Waals surface area contributed by atoms with Gasteiger partial charge in [0.1, 0.15) is 0 Å². The highest BCUT2D eigenvalue weighted by atomic mass is 16.5. The largest absolute Gasteiger partial charge is 0.383 e. The summed E-state index contributed by atoms with van der Waals surface area (Å²) in [5.74, 6) is 0.725. The Balaban J connectivity index is 2.02. The Hall–Kier alpha value is -0.870. The predicted octanol–water partition coefficient (Wildman–Crippen LogP) is 1.61. The first-order valence-electron chi connectivity index (χ1n) is 6.39. The van der Waals surface area contributed by atoms with Crippen LogP contribution in [0.3, 0.4) is 0 Å². The molecule has 1 aromatic rings. The quantitative estimate of drug-likeness (QED) is 0.666. The third-order valence-electron chi connectivity index (χ3n) is 2.90. The zero-order chi connectivity index (χ0) is 12.5. The van der Waals surface area contributed by atoms with Crippen LogP contribution in [-0.4, -0.2) is 36.6 Å². The molecule has 0 radical (unpaired) electrons. The maximum atomic E-state index is 4.99. The van der Waals surface area contributed by atoms with E-state index in [2.05, 4.69) is 23.5 Å². The van der Waals surface area contributed by atoms with Gasteiger partial charge in [-0.25, -0.2) is 0 Å². The monoisotopic (exact) mass is 239 g/mol. The summed E-state index contributed by atoms with van der Waals surface area (Å²) in [6, 6.07) is 0. The van der Waals surface area contributed by atoms with Gasteiger partial charge in [-0.2, -0.15) is 5.10 Å². The normalized spacial score (nSPS) is 12.9. The molecule has 0 bridgehead atoms. The molecule has 1 atom stereocenters. The summed E-state index contributed by atoms with van der Waals surface area (Å²) in [5.41, 5.74) is 1.34. The summed E-state index contributed by atoms with van der Waals surface area (Å²) < 4.78 is 6.86. The molecule has 17 heavy (non-hydrogen) atoms. The van der Waals surface area contributed by atoms with E-state index in [1.807, 2.05) is 17.9 Å². The van der Waals surface area contributed by atoms with E-state index in [-0.39, 0.29) is 0 Å². The Kier molecular flexibility index (Phi) is 6.89. The van der Waals surface area contributed by atoms with Crippen molar-refractivity contribution in [2.45, 2.75) is 26.2 Å². The first-order valence-corrected chi connectivity index (χ1v) is 6.39. The average molecular weight is 239 g/mol. The Bertz CT molecular complexity index is 299. The van der Waals surface area contributed by atoms with Gasteiger partial charge in [0.05, 0.1) is 12.8 Å². The van der Waals surface area contributed by atoms with Gasteiger partial charge in [0.15, 0.2) is 0 Å². The van der Waals surface area contributed by atoms with Crippen LogP contribution in [0, 0.1) is 5.92 Å². The highest BCUT2D eigenvalue weighted by Gasteiger charge is 2.02. The fourth-order valence-electron chi connectivity index (χ4n) is 1.88. The summed E-state index contributed by atoms with van der Waals surface area (Å²) in [4.78, 5) is 0. The zero-order valence-corrected chi connectivity index (χ0v) is 11.3. The number of rotatable bonds is 9. The number of hydrogen-bond acceptors (Lipinski definition) is 3. The first-order chi connectivity index (χ1) is 8.22. The van der Waals surface area contributed by atoms with E-state index in [1.54, 1.807) is 7.11 Å². The van der Waals surface area contributed by atoms with E-state index in [1.165, 1.54) is 18.4 Å². The van der Waals surface area contributed by atoms with Crippen molar-refractivity contribution in [2.75, 3.05) is 26.8 Å². The third-order valence-corrected chi connectivity index (χ3v) is 2.90. The highest BCUT2D eigenvalue weighted by Crippen LogP contribution is 2.09. The van der Waals surface area contributed by atoms with E-state index in [9.17, 15) is 0 Å². The van der Waals surface area contributed by atoms with Gasteiger partial charge < -0.3 is 10.1 Å². The van der Waals surface area contributed by atoms with Crippen LogP contribution in [0.25, 0.3) is 0 Å². The molecule has 0 aromatic carbocycles. The summed E-state index contributed by atoms with van der Waals surface area (Å²) in [6.07, 6.45) is 7.69. The molecule has 1 N–H and O–H groups in total. The van der Waals surface area contributed by atoms with Crippen LogP contribution in [0.5, 0.6) is 0 Å². The second-order valence-corrected chi connectivity index (χ2v) is 4.72. The lowest BCUT2D eigenvalue weighted by molar-refractivity contribution is 0.198. The van der Waals surface area contributed by atoms with Crippen LogP contribution in [0.4, 0.5) is 0 Å². The number of aryl methyl sites for hydroxylation is 2. The van der Waals surface area contributed by atoms with Gasteiger partial charge in [-0.15, -0.1) is 0 Å². The minimum absolute atomic E-state index is 0.725. The van der Waals surface area contributed by atoms with Gasteiger partial charge in [-0.05, 0) is 37.3 Å². The molecule has 0 aliphatic rings. The van der Waals surface area contributed by atoms with Crippen molar-refractivity contribution < 1.29 is 4.74 Å². The van der Waals surface area contributed by atoms with Gasteiger partial charge in [0, 0.05) is 26.9 Å². The summed E-state index contributed by atoms with van der Waals surface area (Å²) in [7, 11) is 3.70. The van der Waals surface area contributed by atoms with E-state index in [0.29, 0.717) is 0 Å². The Labute approximate surface area is 104 Å². The molecule has 4 heteroatoms. The van der Waals surface area contributed by atoms with Crippen LogP contribution in [-0.2, 0) is 18.2 Å². The molecule has 0 amide bonds. The topological polar surface area (TPSA) is 39.1 Å². The molecule has 4 nitrogen and oxygen atoms in total. The van der Waals surface area contributed by atoms with E-state index in [0.717, 1.165) is 32.0 Å². The lowest BCUT2D eigenvalue weighted by Gasteiger charge is -2.11. The summed E-state index contributed by atoms with van der Waals surface area (Å²) >= 11 is 0. The van der Waals surface area contributed by atoms with Crippen molar-refractivity contribution in [1.82, 2.24) is 15.1 Å². The molecule has 0 spiro atoms. The summed E-state index contributed by atoms with van der Waals surface area (Å²) in [6.45, 7) is 5.12. The van der Waals surface area contributed by atoms with Gasteiger partial charge in [-0.1, -0.05) is 6.92 Å². The molecule has 98 valence electrons. The first kappa shape index (κ1) is 14.2. The van der Waals surface area contributed by atoms with Crippen molar-refractivity contribution in [3.05, 3.63) is 18.0 Å². The standard InChI is InChI=1S/C13H25N3O/c1-12(9-14-7-8-17-3)5-4-6-13-10-15-16(2)11-13/h10-12,14H,4-9H2,1-3H3. The van der Waals surface area contributed by atoms with Gasteiger partial charge >= 0.3 is 0 Å². The van der Waals surface area contributed by atoms with Crippen molar-refractivity contribution in [3.8, 4) is 0 Å². The molecule has 0 aliphatic carbocycles. The van der Waals surface area contributed by atoms with Gasteiger partial charge in [0.25, 0.3) is 0 Å². The fourth-order valence-corrected chi connectivity index (χ4v) is 1.88. The second-order valence-electron chi connectivity index (χ2n) is 4.72. The molecular formula is C13H25N3O. The highest BCUT2D eigenvalue weighted by molar-refractivity contribution is 5.03. The molecule has 1 unspecified atom stereocenters. The zero-order valence-electron chi connectivity index (χ0n) is 11.3. The number of ether oxygens (including phenoxy) is 1. The predicted molar refractivity (Wildman–Crippen MR) is 70.1 cm³/mol. The second kappa shape index (κ2) is 8.25. The third kappa shape index (κ3) is 6.44. The van der Waals surface area contributed by atoms with Crippen molar-refractivity contribution in [3.63, 3.8) is 0 Å². The lowest BCUT2D eigenvalue weighted by Crippen LogP contribution is -2.24. The molecular weight excluding hydrogens is 214 g/mol. The van der Waals surface area contributed by atoms with E-state index in [4.69, 9.17) is 4.74 Å².